The van der Waals surface area contributed by atoms with Crippen molar-refractivity contribution in [2.75, 3.05) is 5.32 Å². The van der Waals surface area contributed by atoms with Crippen molar-refractivity contribution in [3.8, 4) is 5.75 Å². The van der Waals surface area contributed by atoms with Crippen LogP contribution in [-0.2, 0) is 11.4 Å². The summed E-state index contributed by atoms with van der Waals surface area (Å²) in [6.07, 6.45) is 3.75. The van der Waals surface area contributed by atoms with Crippen LogP contribution in [0.2, 0.25) is 0 Å². The fraction of sp³-hybridized carbons (Fsp3) is 0.316. The monoisotopic (exact) mass is 297 g/mol. The Hall–Kier alpha value is -2.29. The summed E-state index contributed by atoms with van der Waals surface area (Å²) in [6, 6.07) is 17.5. The third kappa shape index (κ3) is 5.60. The molecule has 1 N–H and O–H groups in total. The van der Waals surface area contributed by atoms with Gasteiger partial charge in [-0.15, -0.1) is 0 Å². The SMILES string of the molecule is CCCCCC(=O)Nc1ccc(OCc2ccccc2)cc1. The van der Waals surface area contributed by atoms with Crippen LogP contribution in [-0.4, -0.2) is 5.91 Å². The molecule has 22 heavy (non-hydrogen) atoms. The van der Waals surface area contributed by atoms with E-state index in [-0.39, 0.29) is 5.91 Å². The Kier molecular flexibility index (Phi) is 6.49. The van der Waals surface area contributed by atoms with Gasteiger partial charge >= 0.3 is 0 Å². The number of hydrogen-bond donors (Lipinski definition) is 1. The zero-order valence-electron chi connectivity index (χ0n) is 13.0. The van der Waals surface area contributed by atoms with Gasteiger partial charge in [0.05, 0.1) is 0 Å². The summed E-state index contributed by atoms with van der Waals surface area (Å²) in [5, 5.41) is 2.91. The second kappa shape index (κ2) is 8.88. The number of benzene rings is 2. The van der Waals surface area contributed by atoms with Gasteiger partial charge < -0.3 is 10.1 Å². The maximum Gasteiger partial charge on any atom is 0.224 e. The van der Waals surface area contributed by atoms with E-state index < -0.39 is 0 Å². The highest BCUT2D eigenvalue weighted by Gasteiger charge is 2.02. The number of unbranched alkanes of at least 4 members (excludes halogenated alkanes) is 2. The summed E-state index contributed by atoms with van der Waals surface area (Å²) in [7, 11) is 0. The van der Waals surface area contributed by atoms with Crippen LogP contribution in [0.3, 0.4) is 0 Å². The molecular formula is C19H23NO2. The van der Waals surface area contributed by atoms with Crippen molar-refractivity contribution in [1.82, 2.24) is 0 Å². The number of carbonyl (C=O) groups is 1. The van der Waals surface area contributed by atoms with Crippen molar-refractivity contribution in [2.45, 2.75) is 39.2 Å². The van der Waals surface area contributed by atoms with Crippen LogP contribution in [0.4, 0.5) is 5.69 Å². The number of carbonyl (C=O) groups excluding carboxylic acids is 1. The molecule has 116 valence electrons. The summed E-state index contributed by atoms with van der Waals surface area (Å²) in [5.74, 6) is 0.874. The lowest BCUT2D eigenvalue weighted by Gasteiger charge is -2.08. The zero-order valence-corrected chi connectivity index (χ0v) is 13.0. The molecule has 3 heteroatoms. The summed E-state index contributed by atoms with van der Waals surface area (Å²) < 4.78 is 5.72. The fourth-order valence-electron chi connectivity index (χ4n) is 2.13. The molecule has 0 heterocycles. The quantitative estimate of drug-likeness (QED) is 0.712. The van der Waals surface area contributed by atoms with Gasteiger partial charge in [-0.2, -0.15) is 0 Å². The first kappa shape index (κ1) is 16.1. The third-order valence-corrected chi connectivity index (χ3v) is 3.39. The third-order valence-electron chi connectivity index (χ3n) is 3.39. The minimum Gasteiger partial charge on any atom is -0.489 e. The van der Waals surface area contributed by atoms with Crippen molar-refractivity contribution >= 4 is 11.6 Å². The van der Waals surface area contributed by atoms with Gasteiger partial charge in [0.2, 0.25) is 5.91 Å². The van der Waals surface area contributed by atoms with E-state index in [1.165, 1.54) is 0 Å². The van der Waals surface area contributed by atoms with E-state index in [1.54, 1.807) is 0 Å². The molecule has 1 amide bonds. The average Bonchev–Trinajstić information content (AvgIpc) is 2.55. The van der Waals surface area contributed by atoms with Gasteiger partial charge in [-0.3, -0.25) is 4.79 Å². The van der Waals surface area contributed by atoms with Crippen LogP contribution < -0.4 is 10.1 Å². The first-order chi connectivity index (χ1) is 10.8. The topological polar surface area (TPSA) is 38.3 Å². The normalized spacial score (nSPS) is 10.2. The Bertz CT molecular complexity index is 564. The Morgan fingerprint density at radius 1 is 1.00 bits per heavy atom. The van der Waals surface area contributed by atoms with Crippen LogP contribution in [0.5, 0.6) is 5.75 Å². The Morgan fingerprint density at radius 3 is 2.41 bits per heavy atom. The predicted octanol–water partition coefficient (Wildman–Crippen LogP) is 4.78. The summed E-state index contributed by atoms with van der Waals surface area (Å²) in [5.41, 5.74) is 1.95. The number of nitrogens with one attached hydrogen (secondary N) is 1. The summed E-state index contributed by atoms with van der Waals surface area (Å²) in [4.78, 5) is 11.7. The van der Waals surface area contributed by atoms with Crippen LogP contribution >= 0.6 is 0 Å². The molecule has 2 rings (SSSR count). The molecule has 3 nitrogen and oxygen atoms in total. The van der Waals surface area contributed by atoms with E-state index in [2.05, 4.69) is 12.2 Å². The molecule has 0 saturated carbocycles. The van der Waals surface area contributed by atoms with Gasteiger partial charge in [-0.05, 0) is 36.2 Å². The van der Waals surface area contributed by atoms with Crippen molar-refractivity contribution in [3.63, 3.8) is 0 Å². The number of amides is 1. The molecule has 0 aliphatic carbocycles. The lowest BCUT2D eigenvalue weighted by atomic mass is 10.2. The molecule has 0 fully saturated rings. The second-order valence-electron chi connectivity index (χ2n) is 5.30. The van der Waals surface area contributed by atoms with Crippen molar-refractivity contribution in [1.29, 1.82) is 0 Å². The molecule has 0 atom stereocenters. The molecule has 0 unspecified atom stereocenters. The maximum absolute atomic E-state index is 11.7. The van der Waals surface area contributed by atoms with Crippen LogP contribution in [0.15, 0.2) is 54.6 Å². The van der Waals surface area contributed by atoms with Crippen molar-refractivity contribution in [2.24, 2.45) is 0 Å². The lowest BCUT2D eigenvalue weighted by Crippen LogP contribution is -2.10. The molecule has 0 aliphatic heterocycles. The first-order valence-corrected chi connectivity index (χ1v) is 7.84. The second-order valence-corrected chi connectivity index (χ2v) is 5.30. The van der Waals surface area contributed by atoms with Gasteiger partial charge in [-0.1, -0.05) is 50.1 Å². The van der Waals surface area contributed by atoms with E-state index >= 15 is 0 Å². The molecule has 0 bridgehead atoms. The van der Waals surface area contributed by atoms with E-state index in [0.29, 0.717) is 13.0 Å². The molecule has 0 radical (unpaired) electrons. The first-order valence-electron chi connectivity index (χ1n) is 7.84. The zero-order chi connectivity index (χ0) is 15.6. The number of ether oxygens (including phenoxy) is 1. The molecular weight excluding hydrogens is 274 g/mol. The Labute approximate surface area is 132 Å². The molecule has 2 aromatic carbocycles. The Morgan fingerprint density at radius 2 is 1.73 bits per heavy atom. The fourth-order valence-corrected chi connectivity index (χ4v) is 2.13. The number of hydrogen-bond acceptors (Lipinski definition) is 2. The van der Waals surface area contributed by atoms with Gasteiger partial charge in [0, 0.05) is 12.1 Å². The van der Waals surface area contributed by atoms with Gasteiger partial charge in [-0.25, -0.2) is 0 Å². The van der Waals surface area contributed by atoms with E-state index in [1.807, 2.05) is 54.6 Å². The van der Waals surface area contributed by atoms with Gasteiger partial charge in [0.15, 0.2) is 0 Å². The molecule has 0 aliphatic rings. The molecule has 2 aromatic rings. The van der Waals surface area contributed by atoms with Crippen molar-refractivity contribution < 1.29 is 9.53 Å². The lowest BCUT2D eigenvalue weighted by molar-refractivity contribution is -0.116. The molecule has 0 saturated heterocycles. The summed E-state index contributed by atoms with van der Waals surface area (Å²) in [6.45, 7) is 2.68. The molecule has 0 aromatic heterocycles. The molecule has 0 spiro atoms. The van der Waals surface area contributed by atoms with Crippen LogP contribution in [0.1, 0.15) is 38.2 Å². The van der Waals surface area contributed by atoms with Crippen LogP contribution in [0, 0.1) is 0 Å². The maximum atomic E-state index is 11.7. The van der Waals surface area contributed by atoms with E-state index in [4.69, 9.17) is 4.74 Å². The minimum absolute atomic E-state index is 0.0754. The highest BCUT2D eigenvalue weighted by Crippen LogP contribution is 2.17. The smallest absolute Gasteiger partial charge is 0.224 e. The summed E-state index contributed by atoms with van der Waals surface area (Å²) >= 11 is 0. The van der Waals surface area contributed by atoms with Gasteiger partial charge in [0.25, 0.3) is 0 Å². The largest absolute Gasteiger partial charge is 0.489 e. The van der Waals surface area contributed by atoms with Crippen molar-refractivity contribution in [3.05, 3.63) is 60.2 Å². The number of rotatable bonds is 8. The predicted molar refractivity (Wildman–Crippen MR) is 90.0 cm³/mol. The standard InChI is InChI=1S/C19H23NO2/c1-2-3-5-10-19(21)20-17-11-13-18(14-12-17)22-15-16-8-6-4-7-9-16/h4,6-9,11-14H,2-3,5,10,15H2,1H3,(H,20,21). The Balaban J connectivity index is 1.79. The number of anilines is 1. The van der Waals surface area contributed by atoms with E-state index in [0.717, 1.165) is 36.3 Å². The van der Waals surface area contributed by atoms with Gasteiger partial charge in [0.1, 0.15) is 12.4 Å². The van der Waals surface area contributed by atoms with E-state index in [9.17, 15) is 4.79 Å². The minimum atomic E-state index is 0.0754. The highest BCUT2D eigenvalue weighted by atomic mass is 16.5. The highest BCUT2D eigenvalue weighted by molar-refractivity contribution is 5.90. The van der Waals surface area contributed by atoms with Crippen LogP contribution in [0.25, 0.3) is 0 Å². The average molecular weight is 297 g/mol.